The topological polar surface area (TPSA) is 58.2 Å². The molecule has 0 bridgehead atoms. The van der Waals surface area contributed by atoms with E-state index in [1.165, 1.54) is 7.05 Å². The molecule has 0 aliphatic rings. The van der Waals surface area contributed by atoms with Crippen LogP contribution >= 0.6 is 11.6 Å². The van der Waals surface area contributed by atoms with Gasteiger partial charge in [0, 0.05) is 7.05 Å². The highest BCUT2D eigenvalue weighted by atomic mass is 35.5. The van der Waals surface area contributed by atoms with Gasteiger partial charge in [-0.3, -0.25) is 9.59 Å². The molecule has 0 aromatic rings. The standard InChI is InChI=1S/C9H16ClFN2O2/c1-4-5(2)6(8(14)12-3)13-9(15)7(10)11/h5-7H,4H2,1-3H3,(H,12,14)(H,13,15)/t5-,6-,7?/m0/s1. The minimum Gasteiger partial charge on any atom is -0.357 e. The minimum atomic E-state index is -2.12. The van der Waals surface area contributed by atoms with Gasteiger partial charge < -0.3 is 10.6 Å². The Hall–Kier alpha value is -0.840. The largest absolute Gasteiger partial charge is 0.357 e. The molecule has 2 N–H and O–H groups in total. The average molecular weight is 239 g/mol. The molecule has 4 nitrogen and oxygen atoms in total. The monoisotopic (exact) mass is 238 g/mol. The molecule has 1 unspecified atom stereocenters. The van der Waals surface area contributed by atoms with Gasteiger partial charge in [0.05, 0.1) is 0 Å². The molecule has 6 heteroatoms. The van der Waals surface area contributed by atoms with Gasteiger partial charge in [-0.25, -0.2) is 4.39 Å². The van der Waals surface area contributed by atoms with Crippen LogP contribution in [0.5, 0.6) is 0 Å². The number of amides is 2. The third-order valence-electron chi connectivity index (χ3n) is 2.24. The highest BCUT2D eigenvalue weighted by Gasteiger charge is 2.27. The molecule has 0 heterocycles. The van der Waals surface area contributed by atoms with E-state index in [1.807, 2.05) is 6.92 Å². The maximum Gasteiger partial charge on any atom is 0.270 e. The molecule has 0 saturated heterocycles. The van der Waals surface area contributed by atoms with Crippen molar-refractivity contribution < 1.29 is 14.0 Å². The molecular formula is C9H16ClFN2O2. The SMILES string of the molecule is CC[C@H](C)[C@H](NC(=O)C(F)Cl)C(=O)NC. The number of carbonyl (C=O) groups is 2. The van der Waals surface area contributed by atoms with Crippen molar-refractivity contribution in [1.82, 2.24) is 10.6 Å². The number of hydrogen-bond acceptors (Lipinski definition) is 2. The van der Waals surface area contributed by atoms with Crippen LogP contribution in [0, 0.1) is 5.92 Å². The smallest absolute Gasteiger partial charge is 0.270 e. The summed E-state index contributed by atoms with van der Waals surface area (Å²) in [5, 5.41) is 4.67. The summed E-state index contributed by atoms with van der Waals surface area (Å²) in [7, 11) is 1.46. The van der Waals surface area contributed by atoms with Crippen LogP contribution in [0.3, 0.4) is 0 Å². The first-order chi connectivity index (χ1) is 6.93. The first kappa shape index (κ1) is 14.2. The van der Waals surface area contributed by atoms with E-state index >= 15 is 0 Å². The van der Waals surface area contributed by atoms with Crippen LogP contribution < -0.4 is 10.6 Å². The Morgan fingerprint density at radius 1 is 1.40 bits per heavy atom. The number of likely N-dealkylation sites (N-methyl/N-ethyl adjacent to an activating group) is 1. The minimum absolute atomic E-state index is 0.0793. The molecule has 0 aromatic carbocycles. The zero-order valence-corrected chi connectivity index (χ0v) is 9.77. The van der Waals surface area contributed by atoms with Crippen molar-refractivity contribution in [3.8, 4) is 0 Å². The van der Waals surface area contributed by atoms with Gasteiger partial charge in [0.2, 0.25) is 5.91 Å². The van der Waals surface area contributed by atoms with Crippen LogP contribution in [0.2, 0.25) is 0 Å². The molecule has 0 spiro atoms. The number of alkyl halides is 2. The lowest BCUT2D eigenvalue weighted by atomic mass is 9.98. The van der Waals surface area contributed by atoms with Crippen LogP contribution in [0.1, 0.15) is 20.3 Å². The maximum absolute atomic E-state index is 12.4. The highest BCUT2D eigenvalue weighted by Crippen LogP contribution is 2.09. The van der Waals surface area contributed by atoms with Crippen LogP contribution in [0.4, 0.5) is 4.39 Å². The summed E-state index contributed by atoms with van der Waals surface area (Å²) in [6, 6.07) is -0.746. The average Bonchev–Trinajstić information content (AvgIpc) is 2.23. The Balaban J connectivity index is 4.51. The van der Waals surface area contributed by atoms with Crippen molar-refractivity contribution >= 4 is 23.4 Å². The lowest BCUT2D eigenvalue weighted by molar-refractivity contribution is -0.131. The molecular weight excluding hydrogens is 223 g/mol. The molecule has 0 aromatic heterocycles. The maximum atomic E-state index is 12.4. The van der Waals surface area contributed by atoms with E-state index in [2.05, 4.69) is 10.6 Å². The zero-order chi connectivity index (χ0) is 12.0. The van der Waals surface area contributed by atoms with Crippen molar-refractivity contribution in [1.29, 1.82) is 0 Å². The number of rotatable bonds is 5. The predicted molar refractivity (Wildman–Crippen MR) is 56.2 cm³/mol. The Morgan fingerprint density at radius 3 is 2.27 bits per heavy atom. The number of hydrogen-bond donors (Lipinski definition) is 2. The second kappa shape index (κ2) is 6.61. The second-order valence-electron chi connectivity index (χ2n) is 3.29. The number of nitrogens with one attached hydrogen (secondary N) is 2. The van der Waals surface area contributed by atoms with E-state index in [-0.39, 0.29) is 11.8 Å². The summed E-state index contributed by atoms with van der Waals surface area (Å²) in [5.41, 5.74) is -2.12. The van der Waals surface area contributed by atoms with Gasteiger partial charge in [-0.05, 0) is 5.92 Å². The highest BCUT2D eigenvalue weighted by molar-refractivity contribution is 6.29. The summed E-state index contributed by atoms with van der Waals surface area (Å²) < 4.78 is 12.4. The van der Waals surface area contributed by atoms with E-state index < -0.39 is 17.6 Å². The van der Waals surface area contributed by atoms with E-state index in [1.54, 1.807) is 6.92 Å². The molecule has 0 fully saturated rings. The fourth-order valence-electron chi connectivity index (χ4n) is 1.07. The molecule has 0 radical (unpaired) electrons. The molecule has 15 heavy (non-hydrogen) atoms. The molecule has 2 amide bonds. The third-order valence-corrected chi connectivity index (χ3v) is 2.44. The second-order valence-corrected chi connectivity index (χ2v) is 3.67. The van der Waals surface area contributed by atoms with Gasteiger partial charge in [-0.2, -0.15) is 0 Å². The van der Waals surface area contributed by atoms with Crippen LogP contribution in [-0.4, -0.2) is 30.5 Å². The molecule has 0 saturated carbocycles. The fourth-order valence-corrected chi connectivity index (χ4v) is 1.14. The van der Waals surface area contributed by atoms with E-state index in [4.69, 9.17) is 11.6 Å². The normalized spacial score (nSPS) is 16.3. The molecule has 3 atom stereocenters. The van der Waals surface area contributed by atoms with Gasteiger partial charge in [-0.15, -0.1) is 0 Å². The van der Waals surface area contributed by atoms with Crippen LogP contribution in [0.25, 0.3) is 0 Å². The lowest BCUT2D eigenvalue weighted by Crippen LogP contribution is -2.50. The van der Waals surface area contributed by atoms with Gasteiger partial charge in [0.1, 0.15) is 6.04 Å². The summed E-state index contributed by atoms with van der Waals surface area (Å²) >= 11 is 4.96. The fraction of sp³-hybridized carbons (Fsp3) is 0.778. The van der Waals surface area contributed by atoms with Gasteiger partial charge in [0.15, 0.2) is 0 Å². The van der Waals surface area contributed by atoms with Crippen molar-refractivity contribution in [3.05, 3.63) is 0 Å². The summed E-state index contributed by atoms with van der Waals surface area (Å²) in [6.45, 7) is 3.67. The Labute approximate surface area is 93.6 Å². The van der Waals surface area contributed by atoms with E-state index in [0.717, 1.165) is 0 Å². The van der Waals surface area contributed by atoms with Crippen molar-refractivity contribution in [3.63, 3.8) is 0 Å². The van der Waals surface area contributed by atoms with E-state index in [9.17, 15) is 14.0 Å². The van der Waals surface area contributed by atoms with Gasteiger partial charge >= 0.3 is 0 Å². The van der Waals surface area contributed by atoms with Crippen LogP contribution in [-0.2, 0) is 9.59 Å². The van der Waals surface area contributed by atoms with Crippen molar-refractivity contribution in [2.24, 2.45) is 5.92 Å². The van der Waals surface area contributed by atoms with Crippen LogP contribution in [0.15, 0.2) is 0 Å². The third kappa shape index (κ3) is 4.46. The van der Waals surface area contributed by atoms with Gasteiger partial charge in [-0.1, -0.05) is 31.9 Å². The summed E-state index contributed by atoms with van der Waals surface area (Å²) in [4.78, 5) is 22.4. The van der Waals surface area contributed by atoms with E-state index in [0.29, 0.717) is 6.42 Å². The lowest BCUT2D eigenvalue weighted by Gasteiger charge is -2.22. The Kier molecular flexibility index (Phi) is 6.24. The zero-order valence-electron chi connectivity index (χ0n) is 9.01. The first-order valence-electron chi connectivity index (χ1n) is 4.74. The Morgan fingerprint density at radius 2 is 1.93 bits per heavy atom. The van der Waals surface area contributed by atoms with Gasteiger partial charge in [0.25, 0.3) is 11.5 Å². The summed E-state index contributed by atoms with van der Waals surface area (Å²) in [5.74, 6) is -1.41. The molecule has 0 aliphatic heterocycles. The van der Waals surface area contributed by atoms with Crippen molar-refractivity contribution in [2.75, 3.05) is 7.05 Å². The molecule has 0 aliphatic carbocycles. The molecule has 88 valence electrons. The first-order valence-corrected chi connectivity index (χ1v) is 5.17. The predicted octanol–water partition coefficient (Wildman–Crippen LogP) is 0.798. The Bertz CT molecular complexity index is 236. The number of carbonyl (C=O) groups excluding carboxylic acids is 2. The molecule has 0 rings (SSSR count). The van der Waals surface area contributed by atoms with Crippen molar-refractivity contribution in [2.45, 2.75) is 31.9 Å². The quantitative estimate of drug-likeness (QED) is 0.696. The summed E-state index contributed by atoms with van der Waals surface area (Å²) in [6.07, 6.45) is 0.692. The number of halogens is 2.